The van der Waals surface area contributed by atoms with Gasteiger partial charge < -0.3 is 10.2 Å². The number of nitrogens with one attached hydrogen (secondary N) is 1. The number of pyridine rings is 1. The third-order valence-electron chi connectivity index (χ3n) is 6.48. The zero-order valence-electron chi connectivity index (χ0n) is 18.9. The highest BCUT2D eigenvalue weighted by molar-refractivity contribution is 6.09. The summed E-state index contributed by atoms with van der Waals surface area (Å²) in [6.07, 6.45) is 7.47. The fraction of sp³-hybridized carbons (Fsp3) is 0.185. The lowest BCUT2D eigenvalue weighted by Gasteiger charge is -2.29. The van der Waals surface area contributed by atoms with E-state index in [0.29, 0.717) is 11.1 Å². The molecule has 1 N–H and O–H groups in total. The Morgan fingerprint density at radius 1 is 0.912 bits per heavy atom. The second-order valence-electron chi connectivity index (χ2n) is 8.57. The molecule has 4 heterocycles. The van der Waals surface area contributed by atoms with Gasteiger partial charge in [-0.15, -0.1) is 0 Å². The number of carbonyl (C=O) groups is 1. The van der Waals surface area contributed by atoms with Crippen LogP contribution in [-0.2, 0) is 0 Å². The smallest absolute Gasteiger partial charge is 0.162 e. The summed E-state index contributed by atoms with van der Waals surface area (Å²) in [6, 6.07) is 16.3. The Labute approximate surface area is 197 Å². The number of Topliss-reactive ketones (excluding diaryl/α,β-unsaturated/α-hetero) is 1. The summed E-state index contributed by atoms with van der Waals surface area (Å²) in [6.45, 7) is 5.67. The van der Waals surface area contributed by atoms with E-state index in [0.717, 1.165) is 59.5 Å². The summed E-state index contributed by atoms with van der Waals surface area (Å²) in [5.41, 5.74) is 7.32. The van der Waals surface area contributed by atoms with Gasteiger partial charge in [0.1, 0.15) is 0 Å². The number of fused-ring (bicyclic) bond motifs is 2. The summed E-state index contributed by atoms with van der Waals surface area (Å²) in [7, 11) is 0. The quantitative estimate of drug-likeness (QED) is 0.415. The van der Waals surface area contributed by atoms with Gasteiger partial charge in [0.25, 0.3) is 0 Å². The molecule has 1 aliphatic heterocycles. The van der Waals surface area contributed by atoms with Gasteiger partial charge in [0, 0.05) is 72.5 Å². The fourth-order valence-electron chi connectivity index (χ4n) is 4.70. The van der Waals surface area contributed by atoms with E-state index in [9.17, 15) is 4.79 Å². The van der Waals surface area contributed by atoms with Crippen molar-refractivity contribution in [2.24, 2.45) is 0 Å². The molecule has 0 atom stereocenters. The second-order valence-corrected chi connectivity index (χ2v) is 8.57. The number of hydrogen-bond acceptors (Lipinski definition) is 6. The molecule has 7 heteroatoms. The highest BCUT2D eigenvalue weighted by Crippen LogP contribution is 2.32. The maximum absolute atomic E-state index is 12.1. The van der Waals surface area contributed by atoms with Crippen LogP contribution in [0.15, 0.2) is 73.3 Å². The first-order valence-electron chi connectivity index (χ1n) is 11.5. The highest BCUT2D eigenvalue weighted by Gasteiger charge is 2.15. The van der Waals surface area contributed by atoms with Crippen LogP contribution in [0.1, 0.15) is 17.3 Å². The van der Waals surface area contributed by atoms with Gasteiger partial charge >= 0.3 is 0 Å². The van der Waals surface area contributed by atoms with Crippen molar-refractivity contribution in [3.8, 4) is 22.3 Å². The molecule has 0 spiro atoms. The van der Waals surface area contributed by atoms with Crippen LogP contribution in [0.3, 0.4) is 0 Å². The van der Waals surface area contributed by atoms with E-state index in [4.69, 9.17) is 4.98 Å². The molecular formula is C27H24N6O. The Kier molecular flexibility index (Phi) is 5.04. The number of para-hydroxylation sites is 1. The van der Waals surface area contributed by atoms with Crippen molar-refractivity contribution in [2.45, 2.75) is 6.92 Å². The van der Waals surface area contributed by atoms with E-state index in [1.165, 1.54) is 5.69 Å². The predicted octanol–water partition coefficient (Wildman–Crippen LogP) is 4.22. The highest BCUT2D eigenvalue weighted by atomic mass is 16.1. The van der Waals surface area contributed by atoms with Crippen LogP contribution in [0.4, 0.5) is 5.69 Å². The van der Waals surface area contributed by atoms with Crippen molar-refractivity contribution in [3.05, 3.63) is 78.9 Å². The molecule has 1 fully saturated rings. The summed E-state index contributed by atoms with van der Waals surface area (Å²) < 4.78 is 1.82. The Morgan fingerprint density at radius 3 is 2.53 bits per heavy atom. The monoisotopic (exact) mass is 448 g/mol. The van der Waals surface area contributed by atoms with Gasteiger partial charge in [-0.05, 0) is 42.3 Å². The molecule has 1 saturated heterocycles. The van der Waals surface area contributed by atoms with Crippen LogP contribution in [0.2, 0.25) is 0 Å². The summed E-state index contributed by atoms with van der Waals surface area (Å²) >= 11 is 0. The Hall–Kier alpha value is -4.10. The van der Waals surface area contributed by atoms with Crippen molar-refractivity contribution in [1.29, 1.82) is 0 Å². The van der Waals surface area contributed by atoms with Crippen molar-refractivity contribution in [2.75, 3.05) is 31.1 Å². The number of benzene rings is 2. The first-order valence-corrected chi connectivity index (χ1v) is 11.5. The van der Waals surface area contributed by atoms with Crippen LogP contribution in [0, 0.1) is 0 Å². The zero-order valence-corrected chi connectivity index (χ0v) is 18.9. The summed E-state index contributed by atoms with van der Waals surface area (Å²) in [4.78, 5) is 23.7. The molecule has 2 aromatic carbocycles. The average molecular weight is 449 g/mol. The molecule has 168 valence electrons. The number of carbonyl (C=O) groups excluding carboxylic acids is 1. The SMILES string of the molecule is CC(=O)c1cccc2c(-c3cnn4cc(-c5ccc(N6CCNCC6)cc5)cnc34)ccnc12. The number of nitrogens with zero attached hydrogens (tertiary/aromatic N) is 5. The number of piperazine rings is 1. The number of aromatic nitrogens is 4. The zero-order chi connectivity index (χ0) is 23.1. The van der Waals surface area contributed by atoms with E-state index >= 15 is 0 Å². The van der Waals surface area contributed by atoms with Crippen molar-refractivity contribution in [3.63, 3.8) is 0 Å². The van der Waals surface area contributed by atoms with E-state index in [1.807, 2.05) is 47.4 Å². The van der Waals surface area contributed by atoms with Gasteiger partial charge in [0.15, 0.2) is 11.4 Å². The molecule has 0 radical (unpaired) electrons. The molecule has 34 heavy (non-hydrogen) atoms. The Bertz CT molecular complexity index is 1520. The second kappa shape index (κ2) is 8.35. The maximum Gasteiger partial charge on any atom is 0.162 e. The molecule has 0 aliphatic carbocycles. The number of ketones is 1. The van der Waals surface area contributed by atoms with Gasteiger partial charge in [-0.3, -0.25) is 9.78 Å². The molecule has 0 amide bonds. The van der Waals surface area contributed by atoms with Crippen molar-refractivity contribution in [1.82, 2.24) is 24.9 Å². The number of anilines is 1. The first kappa shape index (κ1) is 20.5. The first-order chi connectivity index (χ1) is 16.7. The topological polar surface area (TPSA) is 75.4 Å². The van der Waals surface area contributed by atoms with Crippen LogP contribution < -0.4 is 10.2 Å². The summed E-state index contributed by atoms with van der Waals surface area (Å²) in [5, 5.41) is 8.90. The predicted molar refractivity (Wildman–Crippen MR) is 134 cm³/mol. The molecular weight excluding hydrogens is 424 g/mol. The minimum atomic E-state index is 0.000790. The molecule has 7 nitrogen and oxygen atoms in total. The fourth-order valence-corrected chi connectivity index (χ4v) is 4.70. The van der Waals surface area contributed by atoms with Crippen molar-refractivity contribution >= 4 is 28.0 Å². The normalized spacial score (nSPS) is 14.1. The molecule has 3 aromatic heterocycles. The molecule has 0 unspecified atom stereocenters. The van der Waals surface area contributed by atoms with Gasteiger partial charge in [0.2, 0.25) is 0 Å². The number of hydrogen-bond donors (Lipinski definition) is 1. The van der Waals surface area contributed by atoms with E-state index in [-0.39, 0.29) is 5.78 Å². The van der Waals surface area contributed by atoms with Crippen LogP contribution in [0.25, 0.3) is 38.8 Å². The minimum absolute atomic E-state index is 0.000790. The van der Waals surface area contributed by atoms with Crippen LogP contribution in [-0.4, -0.2) is 51.5 Å². The lowest BCUT2D eigenvalue weighted by atomic mass is 10.00. The van der Waals surface area contributed by atoms with Gasteiger partial charge in [-0.1, -0.05) is 24.3 Å². The molecule has 6 rings (SSSR count). The van der Waals surface area contributed by atoms with E-state index in [2.05, 4.69) is 44.6 Å². The van der Waals surface area contributed by atoms with Crippen molar-refractivity contribution < 1.29 is 4.79 Å². The minimum Gasteiger partial charge on any atom is -0.369 e. The standard InChI is InChI=1S/C27H24N6O/c1-18(34)22-3-2-4-24-23(9-10-29-26(22)24)25-16-31-33-17-20(15-30-27(25)33)19-5-7-21(8-6-19)32-13-11-28-12-14-32/h2-10,15-17,28H,11-14H2,1H3. The molecule has 1 aliphatic rings. The Balaban J connectivity index is 1.37. The Morgan fingerprint density at radius 2 is 1.74 bits per heavy atom. The maximum atomic E-state index is 12.1. The van der Waals surface area contributed by atoms with Crippen LogP contribution in [0.5, 0.6) is 0 Å². The molecule has 5 aromatic rings. The third kappa shape index (κ3) is 3.50. The summed E-state index contributed by atoms with van der Waals surface area (Å²) in [5.74, 6) is 0.000790. The third-order valence-corrected chi connectivity index (χ3v) is 6.48. The van der Waals surface area contributed by atoms with Crippen LogP contribution >= 0.6 is 0 Å². The molecule has 0 bridgehead atoms. The van der Waals surface area contributed by atoms with Gasteiger partial charge in [-0.25, -0.2) is 9.50 Å². The average Bonchev–Trinajstić information content (AvgIpc) is 3.31. The van der Waals surface area contributed by atoms with E-state index in [1.54, 1.807) is 13.1 Å². The number of rotatable bonds is 4. The van der Waals surface area contributed by atoms with Gasteiger partial charge in [-0.2, -0.15) is 5.10 Å². The van der Waals surface area contributed by atoms with E-state index < -0.39 is 0 Å². The largest absolute Gasteiger partial charge is 0.369 e. The molecule has 0 saturated carbocycles. The van der Waals surface area contributed by atoms with Gasteiger partial charge in [0.05, 0.1) is 11.7 Å². The lowest BCUT2D eigenvalue weighted by Crippen LogP contribution is -2.43. The lowest BCUT2D eigenvalue weighted by molar-refractivity contribution is 0.101.